The van der Waals surface area contributed by atoms with Crippen molar-refractivity contribution < 1.29 is 22.5 Å². The Kier molecular flexibility index (Phi) is 5.35. The Balaban J connectivity index is 1.45. The van der Waals surface area contributed by atoms with E-state index in [-0.39, 0.29) is 17.6 Å². The summed E-state index contributed by atoms with van der Waals surface area (Å²) in [4.78, 5) is 18.3. The van der Waals surface area contributed by atoms with Gasteiger partial charge < -0.3 is 9.42 Å². The highest BCUT2D eigenvalue weighted by Gasteiger charge is 2.39. The smallest absolute Gasteiger partial charge is 0.335 e. The maximum absolute atomic E-state index is 12.9. The molecule has 28 heavy (non-hydrogen) atoms. The van der Waals surface area contributed by atoms with Crippen LogP contribution < -0.4 is 0 Å². The zero-order chi connectivity index (χ0) is 19.7. The molecule has 1 aromatic carbocycles. The molecule has 2 aliphatic rings. The second kappa shape index (κ2) is 7.77. The van der Waals surface area contributed by atoms with Gasteiger partial charge in [-0.2, -0.15) is 29.9 Å². The number of benzene rings is 1. The Bertz CT molecular complexity index is 828. The first kappa shape index (κ1) is 19.3. The van der Waals surface area contributed by atoms with Crippen molar-refractivity contribution >= 4 is 17.7 Å². The minimum absolute atomic E-state index is 0.103. The topological polar surface area (TPSA) is 59.2 Å². The minimum Gasteiger partial charge on any atom is -0.335 e. The van der Waals surface area contributed by atoms with E-state index in [1.165, 1.54) is 0 Å². The number of nitrogens with zero attached hydrogens (tertiary/aromatic N) is 3. The number of carbonyl (C=O) groups is 1. The van der Waals surface area contributed by atoms with Crippen LogP contribution >= 0.6 is 11.8 Å². The molecule has 1 aliphatic carbocycles. The van der Waals surface area contributed by atoms with Crippen molar-refractivity contribution in [2.24, 2.45) is 5.92 Å². The first-order valence-electron chi connectivity index (χ1n) is 9.30. The lowest BCUT2D eigenvalue weighted by Gasteiger charge is -2.29. The number of carbonyl (C=O) groups excluding carboxylic acids is 1. The molecular weight excluding hydrogens is 391 g/mol. The van der Waals surface area contributed by atoms with Gasteiger partial charge in [0.2, 0.25) is 11.7 Å². The van der Waals surface area contributed by atoms with E-state index >= 15 is 0 Å². The summed E-state index contributed by atoms with van der Waals surface area (Å²) in [5.74, 6) is 0.958. The number of thioether (sulfide) groups is 1. The van der Waals surface area contributed by atoms with E-state index in [1.54, 1.807) is 24.3 Å². The lowest BCUT2D eigenvalue weighted by molar-refractivity contribution is -0.159. The molecular formula is C19H20F3N3O2S. The molecule has 0 unspecified atom stereocenters. The van der Waals surface area contributed by atoms with Crippen molar-refractivity contribution in [1.29, 1.82) is 0 Å². The van der Waals surface area contributed by atoms with E-state index in [0.717, 1.165) is 42.8 Å². The number of halogens is 3. The van der Waals surface area contributed by atoms with Gasteiger partial charge in [-0.3, -0.25) is 4.79 Å². The third-order valence-electron chi connectivity index (χ3n) is 5.07. The summed E-state index contributed by atoms with van der Waals surface area (Å²) in [5.41, 5.74) is 1.38. The first-order chi connectivity index (χ1) is 13.4. The van der Waals surface area contributed by atoms with Gasteiger partial charge in [-0.25, -0.2) is 0 Å². The molecule has 150 valence electrons. The monoisotopic (exact) mass is 411 g/mol. The predicted octanol–water partition coefficient (Wildman–Crippen LogP) is 4.39. The second-order valence-corrected chi connectivity index (χ2v) is 8.43. The first-order valence-corrected chi connectivity index (χ1v) is 10.5. The molecule has 0 N–H and O–H groups in total. The van der Waals surface area contributed by atoms with Crippen LogP contribution in [0.5, 0.6) is 0 Å². The summed E-state index contributed by atoms with van der Waals surface area (Å²) in [5, 5.41) is 3.40. The molecule has 1 amide bonds. The number of hydrogen-bond donors (Lipinski definition) is 0. The van der Waals surface area contributed by atoms with Crippen LogP contribution in [0.1, 0.15) is 37.1 Å². The van der Waals surface area contributed by atoms with Gasteiger partial charge in [0.1, 0.15) is 0 Å². The van der Waals surface area contributed by atoms with Crippen LogP contribution in [0.2, 0.25) is 0 Å². The molecule has 4 rings (SSSR count). The maximum atomic E-state index is 12.9. The van der Waals surface area contributed by atoms with Crippen molar-refractivity contribution in [1.82, 2.24) is 15.0 Å². The minimum atomic E-state index is -4.66. The summed E-state index contributed by atoms with van der Waals surface area (Å²) in [7, 11) is 0. The van der Waals surface area contributed by atoms with Gasteiger partial charge >= 0.3 is 12.1 Å². The van der Waals surface area contributed by atoms with Crippen LogP contribution in [0.25, 0.3) is 11.4 Å². The molecule has 5 nitrogen and oxygen atoms in total. The molecule has 0 radical (unpaired) electrons. The van der Waals surface area contributed by atoms with Gasteiger partial charge in [0, 0.05) is 24.1 Å². The fraction of sp³-hybridized carbons (Fsp3) is 0.526. The van der Waals surface area contributed by atoms with Crippen LogP contribution in [0.15, 0.2) is 28.8 Å². The van der Waals surface area contributed by atoms with E-state index in [1.807, 2.05) is 16.7 Å². The van der Waals surface area contributed by atoms with Gasteiger partial charge in [-0.15, -0.1) is 0 Å². The van der Waals surface area contributed by atoms with E-state index in [2.05, 4.69) is 14.7 Å². The van der Waals surface area contributed by atoms with Crippen molar-refractivity contribution in [3.63, 3.8) is 0 Å². The van der Waals surface area contributed by atoms with Crippen molar-refractivity contribution in [3.05, 3.63) is 35.7 Å². The van der Waals surface area contributed by atoms with Crippen LogP contribution in [0.3, 0.4) is 0 Å². The van der Waals surface area contributed by atoms with E-state index in [9.17, 15) is 18.0 Å². The van der Waals surface area contributed by atoms with Gasteiger partial charge in [-0.05, 0) is 42.8 Å². The Morgan fingerprint density at radius 3 is 2.39 bits per heavy atom. The average Bonchev–Trinajstić information content (AvgIpc) is 3.40. The zero-order valence-electron chi connectivity index (χ0n) is 15.1. The van der Waals surface area contributed by atoms with E-state index in [0.29, 0.717) is 18.2 Å². The summed E-state index contributed by atoms with van der Waals surface area (Å²) in [6.07, 6.45) is -0.716. The van der Waals surface area contributed by atoms with Crippen LogP contribution in [0, 0.1) is 5.92 Å². The fourth-order valence-corrected chi connectivity index (χ4v) is 4.47. The Morgan fingerprint density at radius 2 is 1.82 bits per heavy atom. The summed E-state index contributed by atoms with van der Waals surface area (Å²) in [6.45, 7) is 0.521. The maximum Gasteiger partial charge on any atom is 0.471 e. The highest BCUT2D eigenvalue weighted by molar-refractivity contribution is 7.99. The molecule has 1 aromatic heterocycles. The predicted molar refractivity (Wildman–Crippen MR) is 98.4 cm³/mol. The summed E-state index contributed by atoms with van der Waals surface area (Å²) < 4.78 is 42.1. The van der Waals surface area contributed by atoms with Gasteiger partial charge in [0.05, 0.1) is 0 Å². The number of hydrogen-bond acceptors (Lipinski definition) is 5. The van der Waals surface area contributed by atoms with Gasteiger partial charge in [-0.1, -0.05) is 29.4 Å². The SMILES string of the molecule is O=C(C1CCSCC1)N(Cc1ccc(-c2noc(C(F)(F)F)n2)cc1)C1CC1. The lowest BCUT2D eigenvalue weighted by Crippen LogP contribution is -2.38. The lowest BCUT2D eigenvalue weighted by atomic mass is 10.0. The highest BCUT2D eigenvalue weighted by atomic mass is 32.2. The van der Waals surface area contributed by atoms with Crippen LogP contribution in [-0.4, -0.2) is 38.5 Å². The second-order valence-electron chi connectivity index (χ2n) is 7.20. The van der Waals surface area contributed by atoms with Crippen LogP contribution in [0.4, 0.5) is 13.2 Å². The summed E-state index contributed by atoms with van der Waals surface area (Å²) >= 11 is 1.90. The number of aromatic nitrogens is 2. The normalized spacial score (nSPS) is 18.2. The molecule has 2 aromatic rings. The average molecular weight is 411 g/mol. The highest BCUT2D eigenvalue weighted by Crippen LogP contribution is 2.33. The molecule has 1 aliphatic heterocycles. The third-order valence-corrected chi connectivity index (χ3v) is 6.12. The molecule has 1 saturated heterocycles. The molecule has 0 bridgehead atoms. The molecule has 1 saturated carbocycles. The van der Waals surface area contributed by atoms with Crippen molar-refractivity contribution in [3.8, 4) is 11.4 Å². The molecule has 2 fully saturated rings. The third kappa shape index (κ3) is 4.34. The molecule has 2 heterocycles. The number of alkyl halides is 3. The fourth-order valence-electron chi connectivity index (χ4n) is 3.36. The van der Waals surface area contributed by atoms with Gasteiger partial charge in [0.25, 0.3) is 0 Å². The molecule has 9 heteroatoms. The Morgan fingerprint density at radius 1 is 1.14 bits per heavy atom. The zero-order valence-corrected chi connectivity index (χ0v) is 15.9. The van der Waals surface area contributed by atoms with Crippen LogP contribution in [-0.2, 0) is 17.5 Å². The quantitative estimate of drug-likeness (QED) is 0.730. The Hall–Kier alpha value is -2.03. The van der Waals surface area contributed by atoms with E-state index < -0.39 is 12.1 Å². The van der Waals surface area contributed by atoms with Crippen molar-refractivity contribution in [2.45, 2.75) is 44.4 Å². The molecule has 0 atom stereocenters. The summed E-state index contributed by atoms with van der Waals surface area (Å²) in [6, 6.07) is 7.24. The van der Waals surface area contributed by atoms with E-state index in [4.69, 9.17) is 0 Å². The van der Waals surface area contributed by atoms with Crippen molar-refractivity contribution in [2.75, 3.05) is 11.5 Å². The van der Waals surface area contributed by atoms with Gasteiger partial charge in [0.15, 0.2) is 0 Å². The number of amides is 1. The standard InChI is InChI=1S/C19H20F3N3O2S/c20-19(21,22)18-23-16(24-27-18)13-3-1-12(2-4-13)11-25(15-5-6-15)17(26)14-7-9-28-10-8-14/h1-4,14-15H,5-11H2. The Labute approximate surface area is 164 Å². The number of rotatable bonds is 5. The largest absolute Gasteiger partial charge is 0.471 e. The molecule has 0 spiro atoms.